The molecular weight excluding hydrogens is 308 g/mol. The van der Waals surface area contributed by atoms with Crippen molar-refractivity contribution in [2.45, 2.75) is 6.42 Å². The molecule has 0 spiro atoms. The maximum absolute atomic E-state index is 12.2. The van der Waals surface area contributed by atoms with Crippen LogP contribution >= 0.6 is 0 Å². The fourth-order valence-corrected chi connectivity index (χ4v) is 3.44. The summed E-state index contributed by atoms with van der Waals surface area (Å²) in [5, 5.41) is 0. The van der Waals surface area contributed by atoms with Crippen molar-refractivity contribution in [2.75, 3.05) is 10.5 Å². The molecule has 1 aromatic heterocycles. The number of sulfonamides is 1. The van der Waals surface area contributed by atoms with E-state index in [9.17, 15) is 8.42 Å². The van der Waals surface area contributed by atoms with Crippen LogP contribution in [0, 0.1) is 0 Å². The molecule has 0 aliphatic carbocycles. The number of aromatic nitrogens is 1. The van der Waals surface area contributed by atoms with Gasteiger partial charge in [0.1, 0.15) is 0 Å². The van der Waals surface area contributed by atoms with Gasteiger partial charge in [-0.25, -0.2) is 8.42 Å². The van der Waals surface area contributed by atoms with Crippen molar-refractivity contribution in [3.8, 4) is 5.69 Å². The van der Waals surface area contributed by atoms with Crippen LogP contribution in [-0.4, -0.2) is 18.7 Å². The van der Waals surface area contributed by atoms with Gasteiger partial charge in [0, 0.05) is 23.8 Å². The Hall–Kier alpha value is -2.53. The van der Waals surface area contributed by atoms with Gasteiger partial charge < -0.3 is 4.57 Å². The molecule has 0 amide bonds. The van der Waals surface area contributed by atoms with Crippen LogP contribution in [0.25, 0.3) is 5.69 Å². The molecule has 4 nitrogen and oxygen atoms in total. The molecule has 0 unspecified atom stereocenters. The average molecular weight is 326 g/mol. The molecule has 0 saturated carbocycles. The zero-order chi connectivity index (χ0) is 16.1. The highest BCUT2D eigenvalue weighted by atomic mass is 32.2. The number of anilines is 1. The van der Waals surface area contributed by atoms with Gasteiger partial charge >= 0.3 is 0 Å². The molecule has 3 aromatic rings. The number of hydrogen-bond acceptors (Lipinski definition) is 2. The second-order valence-electron chi connectivity index (χ2n) is 5.29. The highest BCUT2D eigenvalue weighted by molar-refractivity contribution is 7.92. The predicted molar refractivity (Wildman–Crippen MR) is 93.3 cm³/mol. The van der Waals surface area contributed by atoms with Gasteiger partial charge in [-0.15, -0.1) is 0 Å². The SMILES string of the molecule is O=S(=O)(CCc1ccccc1)Nc1ccc(-n2cccc2)cc1. The third kappa shape index (κ3) is 4.23. The fraction of sp³-hybridized carbons (Fsp3) is 0.111. The lowest BCUT2D eigenvalue weighted by Gasteiger charge is -2.09. The Labute approximate surface area is 136 Å². The summed E-state index contributed by atoms with van der Waals surface area (Å²) in [5.74, 6) is 0.0658. The zero-order valence-corrected chi connectivity index (χ0v) is 13.4. The number of aryl methyl sites for hydroxylation is 1. The van der Waals surface area contributed by atoms with Crippen molar-refractivity contribution in [1.82, 2.24) is 4.57 Å². The Morgan fingerprint density at radius 1 is 0.826 bits per heavy atom. The van der Waals surface area contributed by atoms with Gasteiger partial charge in [-0.2, -0.15) is 0 Å². The van der Waals surface area contributed by atoms with Crippen LogP contribution in [0.15, 0.2) is 79.1 Å². The van der Waals surface area contributed by atoms with Gasteiger partial charge in [0.25, 0.3) is 0 Å². The summed E-state index contributed by atoms with van der Waals surface area (Å²) < 4.78 is 28.9. The van der Waals surface area contributed by atoms with Crippen LogP contribution in [-0.2, 0) is 16.4 Å². The molecule has 0 atom stereocenters. The van der Waals surface area contributed by atoms with Crippen molar-refractivity contribution < 1.29 is 8.42 Å². The zero-order valence-electron chi connectivity index (χ0n) is 12.6. The first-order valence-electron chi connectivity index (χ1n) is 7.40. The highest BCUT2D eigenvalue weighted by Crippen LogP contribution is 2.15. The minimum absolute atomic E-state index is 0.0658. The molecule has 3 rings (SSSR count). The summed E-state index contributed by atoms with van der Waals surface area (Å²) in [6.07, 6.45) is 4.38. The van der Waals surface area contributed by atoms with E-state index < -0.39 is 10.0 Å². The number of nitrogens with one attached hydrogen (secondary N) is 1. The topological polar surface area (TPSA) is 51.1 Å². The third-order valence-corrected chi connectivity index (χ3v) is 4.83. The molecule has 0 fully saturated rings. The molecule has 23 heavy (non-hydrogen) atoms. The Bertz CT molecular complexity index is 840. The van der Waals surface area contributed by atoms with E-state index in [1.54, 1.807) is 12.1 Å². The molecule has 1 N–H and O–H groups in total. The van der Waals surface area contributed by atoms with Gasteiger partial charge in [0.15, 0.2) is 0 Å². The maximum Gasteiger partial charge on any atom is 0.233 e. The van der Waals surface area contributed by atoms with Crippen LogP contribution in [0.2, 0.25) is 0 Å². The molecule has 2 aromatic carbocycles. The first-order chi connectivity index (χ1) is 11.1. The Morgan fingerprint density at radius 2 is 1.48 bits per heavy atom. The Morgan fingerprint density at radius 3 is 2.13 bits per heavy atom. The lowest BCUT2D eigenvalue weighted by atomic mass is 10.2. The first kappa shape index (κ1) is 15.4. The highest BCUT2D eigenvalue weighted by Gasteiger charge is 2.10. The number of nitrogens with zero attached hydrogens (tertiary/aromatic N) is 1. The molecule has 0 radical (unpaired) electrons. The summed E-state index contributed by atoms with van der Waals surface area (Å²) in [6.45, 7) is 0. The summed E-state index contributed by atoms with van der Waals surface area (Å²) in [7, 11) is -3.36. The van der Waals surface area contributed by atoms with Gasteiger partial charge in [-0.05, 0) is 48.4 Å². The number of hydrogen-bond donors (Lipinski definition) is 1. The van der Waals surface area contributed by atoms with Gasteiger partial charge in [0.05, 0.1) is 5.75 Å². The van der Waals surface area contributed by atoms with Crippen LogP contribution < -0.4 is 4.72 Å². The monoisotopic (exact) mass is 326 g/mol. The van der Waals surface area contributed by atoms with Crippen LogP contribution in [0.4, 0.5) is 5.69 Å². The fourth-order valence-electron chi connectivity index (χ4n) is 2.34. The van der Waals surface area contributed by atoms with Crippen LogP contribution in [0.5, 0.6) is 0 Å². The minimum atomic E-state index is -3.36. The van der Waals surface area contributed by atoms with E-state index in [0.717, 1.165) is 11.3 Å². The van der Waals surface area contributed by atoms with Crippen molar-refractivity contribution in [3.63, 3.8) is 0 Å². The summed E-state index contributed by atoms with van der Waals surface area (Å²) in [6, 6.07) is 20.8. The van der Waals surface area contributed by atoms with E-state index in [4.69, 9.17) is 0 Å². The van der Waals surface area contributed by atoms with Crippen molar-refractivity contribution in [3.05, 3.63) is 84.7 Å². The first-order valence-corrected chi connectivity index (χ1v) is 9.05. The minimum Gasteiger partial charge on any atom is -0.324 e. The Kier molecular flexibility index (Phi) is 4.48. The summed E-state index contributed by atoms with van der Waals surface area (Å²) in [4.78, 5) is 0. The van der Waals surface area contributed by atoms with Gasteiger partial charge in [0.2, 0.25) is 10.0 Å². The van der Waals surface area contributed by atoms with E-state index in [0.29, 0.717) is 12.1 Å². The summed E-state index contributed by atoms with van der Waals surface area (Å²) >= 11 is 0. The maximum atomic E-state index is 12.2. The molecule has 0 bridgehead atoms. The smallest absolute Gasteiger partial charge is 0.233 e. The molecule has 0 aliphatic rings. The number of rotatable bonds is 6. The standard InChI is InChI=1S/C18H18N2O2S/c21-23(22,15-12-16-6-2-1-3-7-16)19-17-8-10-18(11-9-17)20-13-4-5-14-20/h1-11,13-14,19H,12,15H2. The van der Waals surface area contributed by atoms with Gasteiger partial charge in [-0.1, -0.05) is 30.3 Å². The molecule has 0 saturated heterocycles. The normalized spacial score (nSPS) is 11.3. The van der Waals surface area contributed by atoms with E-state index >= 15 is 0 Å². The predicted octanol–water partition coefficient (Wildman–Crippen LogP) is 3.46. The van der Waals surface area contributed by atoms with E-state index in [2.05, 4.69) is 4.72 Å². The second kappa shape index (κ2) is 6.71. The van der Waals surface area contributed by atoms with Crippen molar-refractivity contribution in [1.29, 1.82) is 0 Å². The van der Waals surface area contributed by atoms with Crippen molar-refractivity contribution >= 4 is 15.7 Å². The largest absolute Gasteiger partial charge is 0.324 e. The van der Waals surface area contributed by atoms with E-state index in [-0.39, 0.29) is 5.75 Å². The quantitative estimate of drug-likeness (QED) is 0.754. The second-order valence-corrected chi connectivity index (χ2v) is 7.14. The number of benzene rings is 2. The van der Waals surface area contributed by atoms with E-state index in [1.165, 1.54) is 0 Å². The molecular formula is C18H18N2O2S. The van der Waals surface area contributed by atoms with Crippen LogP contribution in [0.1, 0.15) is 5.56 Å². The van der Waals surface area contributed by atoms with Crippen molar-refractivity contribution in [2.24, 2.45) is 0 Å². The van der Waals surface area contributed by atoms with Crippen LogP contribution in [0.3, 0.4) is 0 Å². The molecule has 0 aliphatic heterocycles. The lowest BCUT2D eigenvalue weighted by molar-refractivity contribution is 0.600. The molecule has 118 valence electrons. The Balaban J connectivity index is 1.63. The summed E-state index contributed by atoms with van der Waals surface area (Å²) in [5.41, 5.74) is 2.58. The average Bonchev–Trinajstić information content (AvgIpc) is 3.09. The third-order valence-electron chi connectivity index (χ3n) is 3.55. The molecule has 1 heterocycles. The van der Waals surface area contributed by atoms with Gasteiger partial charge in [-0.3, -0.25) is 4.72 Å². The van der Waals surface area contributed by atoms with E-state index in [1.807, 2.05) is 71.6 Å². The lowest BCUT2D eigenvalue weighted by Crippen LogP contribution is -2.18. The molecule has 5 heteroatoms.